The van der Waals surface area contributed by atoms with E-state index < -0.39 is 18.1 Å². The predicted molar refractivity (Wildman–Crippen MR) is 111 cm³/mol. The van der Waals surface area contributed by atoms with E-state index in [0.29, 0.717) is 6.54 Å². The van der Waals surface area contributed by atoms with Crippen LogP contribution < -0.4 is 10.6 Å². The van der Waals surface area contributed by atoms with Gasteiger partial charge in [-0.3, -0.25) is 14.5 Å². The lowest BCUT2D eigenvalue weighted by atomic mass is 9.98. The molecular formula is C21H27N3O4S. The summed E-state index contributed by atoms with van der Waals surface area (Å²) in [6, 6.07) is 12.6. The van der Waals surface area contributed by atoms with Crippen LogP contribution in [0.3, 0.4) is 0 Å². The molecule has 2 N–H and O–H groups in total. The largest absolute Gasteiger partial charge is 0.354 e. The van der Waals surface area contributed by atoms with Crippen molar-refractivity contribution in [2.45, 2.75) is 25.3 Å². The highest BCUT2D eigenvalue weighted by atomic mass is 32.1. The van der Waals surface area contributed by atoms with Crippen LogP contribution in [-0.4, -0.2) is 56.9 Å². The maximum Gasteiger partial charge on any atom is 0.309 e. The molecule has 0 saturated heterocycles. The molecule has 1 aliphatic heterocycles. The van der Waals surface area contributed by atoms with E-state index in [9.17, 15) is 9.59 Å². The van der Waals surface area contributed by atoms with E-state index >= 15 is 0 Å². The van der Waals surface area contributed by atoms with E-state index in [1.165, 1.54) is 30.2 Å². The molecule has 0 saturated carbocycles. The van der Waals surface area contributed by atoms with Crippen molar-refractivity contribution in [1.29, 1.82) is 0 Å². The number of nitrogens with one attached hydrogen (secondary N) is 2. The van der Waals surface area contributed by atoms with Gasteiger partial charge in [0.1, 0.15) is 0 Å². The summed E-state index contributed by atoms with van der Waals surface area (Å²) in [5.41, 5.74) is 2.69. The van der Waals surface area contributed by atoms with Gasteiger partial charge in [0, 0.05) is 38.7 Å². The van der Waals surface area contributed by atoms with Crippen LogP contribution in [0.2, 0.25) is 0 Å². The first kappa shape index (κ1) is 21.4. The number of benzene rings is 1. The van der Waals surface area contributed by atoms with Gasteiger partial charge in [-0.05, 0) is 29.0 Å². The number of hydrogen-bond donors (Lipinski definition) is 2. The molecule has 2 aromatic rings. The lowest BCUT2D eigenvalue weighted by Crippen LogP contribution is -2.46. The van der Waals surface area contributed by atoms with Crippen molar-refractivity contribution in [2.24, 2.45) is 0 Å². The number of carbonyl (C=O) groups is 2. The van der Waals surface area contributed by atoms with E-state index in [2.05, 4.69) is 45.9 Å². The second-order valence-electron chi connectivity index (χ2n) is 6.84. The number of ether oxygens (including phenoxy) is 2. The Labute approximate surface area is 175 Å². The molecular weight excluding hydrogens is 390 g/mol. The van der Waals surface area contributed by atoms with Crippen LogP contribution in [0.1, 0.15) is 22.0 Å². The van der Waals surface area contributed by atoms with Crippen LogP contribution in [0.25, 0.3) is 0 Å². The molecule has 1 aromatic carbocycles. The van der Waals surface area contributed by atoms with Crippen molar-refractivity contribution in [3.05, 3.63) is 57.8 Å². The molecule has 0 spiro atoms. The zero-order valence-corrected chi connectivity index (χ0v) is 17.5. The molecule has 2 heterocycles. The fourth-order valence-corrected chi connectivity index (χ4v) is 4.32. The Morgan fingerprint density at radius 2 is 1.72 bits per heavy atom. The number of rotatable bonds is 8. The van der Waals surface area contributed by atoms with Gasteiger partial charge in [0.05, 0.1) is 12.6 Å². The predicted octanol–water partition coefficient (Wildman–Crippen LogP) is 1.70. The first-order chi connectivity index (χ1) is 14.1. The second-order valence-corrected chi connectivity index (χ2v) is 7.82. The summed E-state index contributed by atoms with van der Waals surface area (Å²) in [4.78, 5) is 27.9. The number of hydrogen-bond acceptors (Lipinski definition) is 6. The summed E-state index contributed by atoms with van der Waals surface area (Å²) in [5, 5.41) is 7.34. The van der Waals surface area contributed by atoms with Crippen LogP contribution in [0.15, 0.2) is 41.8 Å². The average Bonchev–Trinajstić information content (AvgIpc) is 3.28. The average molecular weight is 418 g/mol. The van der Waals surface area contributed by atoms with E-state index in [1.54, 1.807) is 11.3 Å². The smallest absolute Gasteiger partial charge is 0.309 e. The summed E-state index contributed by atoms with van der Waals surface area (Å²) in [7, 11) is 2.95. The fourth-order valence-electron chi connectivity index (χ4n) is 3.46. The van der Waals surface area contributed by atoms with Crippen LogP contribution in [-0.2, 0) is 32.0 Å². The van der Waals surface area contributed by atoms with E-state index in [0.717, 1.165) is 19.5 Å². The van der Waals surface area contributed by atoms with Crippen LogP contribution in [0.4, 0.5) is 0 Å². The Morgan fingerprint density at radius 3 is 2.38 bits per heavy atom. The molecule has 1 unspecified atom stereocenters. The molecule has 29 heavy (non-hydrogen) atoms. The van der Waals surface area contributed by atoms with Crippen LogP contribution >= 0.6 is 11.3 Å². The molecule has 2 amide bonds. The van der Waals surface area contributed by atoms with Crippen LogP contribution in [0, 0.1) is 0 Å². The Hall–Kier alpha value is -2.26. The molecule has 156 valence electrons. The maximum absolute atomic E-state index is 12.3. The summed E-state index contributed by atoms with van der Waals surface area (Å²) in [6.07, 6.45) is 0.390. The Bertz CT molecular complexity index is 808. The van der Waals surface area contributed by atoms with Crippen molar-refractivity contribution in [3.8, 4) is 0 Å². The Morgan fingerprint density at radius 1 is 1.03 bits per heavy atom. The molecule has 1 aliphatic rings. The van der Waals surface area contributed by atoms with Crippen molar-refractivity contribution in [1.82, 2.24) is 15.5 Å². The van der Waals surface area contributed by atoms with Gasteiger partial charge >= 0.3 is 11.8 Å². The second kappa shape index (κ2) is 10.5. The number of fused-ring (bicyclic) bond motifs is 1. The van der Waals surface area contributed by atoms with E-state index in [-0.39, 0.29) is 12.6 Å². The Balaban J connectivity index is 1.61. The topological polar surface area (TPSA) is 79.9 Å². The van der Waals surface area contributed by atoms with Gasteiger partial charge in [-0.2, -0.15) is 0 Å². The zero-order chi connectivity index (χ0) is 20.6. The molecule has 0 aliphatic carbocycles. The monoisotopic (exact) mass is 417 g/mol. The zero-order valence-electron chi connectivity index (χ0n) is 16.7. The maximum atomic E-state index is 12.3. The lowest BCUT2D eigenvalue weighted by Gasteiger charge is -2.35. The number of amides is 2. The highest BCUT2D eigenvalue weighted by Crippen LogP contribution is 2.29. The quantitative estimate of drug-likeness (QED) is 0.505. The van der Waals surface area contributed by atoms with Gasteiger partial charge < -0.3 is 20.1 Å². The van der Waals surface area contributed by atoms with Gasteiger partial charge in [-0.25, -0.2) is 0 Å². The third-order valence-corrected chi connectivity index (χ3v) is 6.06. The molecule has 0 radical (unpaired) electrons. The summed E-state index contributed by atoms with van der Waals surface area (Å²) in [5.74, 6) is -1.35. The highest BCUT2D eigenvalue weighted by Gasteiger charge is 2.26. The Kier molecular flexibility index (Phi) is 7.76. The first-order valence-corrected chi connectivity index (χ1v) is 10.5. The molecule has 7 nitrogen and oxygen atoms in total. The van der Waals surface area contributed by atoms with Gasteiger partial charge in [0.25, 0.3) is 0 Å². The van der Waals surface area contributed by atoms with Crippen molar-refractivity contribution in [3.63, 3.8) is 0 Å². The minimum atomic E-state index is -0.696. The molecule has 0 bridgehead atoms. The number of nitrogens with zero attached hydrogens (tertiary/aromatic N) is 1. The molecule has 3 rings (SSSR count). The number of methoxy groups -OCH3 is 2. The minimum absolute atomic E-state index is 0.0193. The standard InChI is InChI=1S/C21H27N3O4S/c1-27-19(28-2)13-23-21(26)20(25)22-12-17(18-8-5-11-29-18)24-10-9-15-6-3-4-7-16(15)14-24/h3-8,11,17,19H,9-10,12-14H2,1-2H3,(H,22,25)(H,23,26). The first-order valence-electron chi connectivity index (χ1n) is 9.58. The molecule has 8 heteroatoms. The van der Waals surface area contributed by atoms with Gasteiger partial charge in [-0.1, -0.05) is 30.3 Å². The SMILES string of the molecule is COC(CNC(=O)C(=O)NCC(c1cccs1)N1CCc2ccccc2C1)OC. The number of carbonyl (C=O) groups excluding carboxylic acids is 2. The van der Waals surface area contributed by atoms with Crippen molar-refractivity contribution in [2.75, 3.05) is 33.9 Å². The third-order valence-electron chi connectivity index (χ3n) is 5.09. The van der Waals surface area contributed by atoms with Gasteiger partial charge in [0.15, 0.2) is 6.29 Å². The van der Waals surface area contributed by atoms with Gasteiger partial charge in [0.2, 0.25) is 0 Å². The highest BCUT2D eigenvalue weighted by molar-refractivity contribution is 7.10. The summed E-state index contributed by atoms with van der Waals surface area (Å²) < 4.78 is 10.0. The van der Waals surface area contributed by atoms with Gasteiger partial charge in [-0.15, -0.1) is 11.3 Å². The third kappa shape index (κ3) is 5.63. The molecule has 1 aromatic heterocycles. The fraction of sp³-hybridized carbons (Fsp3) is 0.429. The summed E-state index contributed by atoms with van der Waals surface area (Å²) in [6.45, 7) is 2.21. The summed E-state index contributed by atoms with van der Waals surface area (Å²) >= 11 is 1.66. The lowest BCUT2D eigenvalue weighted by molar-refractivity contribution is -0.141. The molecule has 1 atom stereocenters. The van der Waals surface area contributed by atoms with E-state index in [1.807, 2.05) is 11.4 Å². The molecule has 0 fully saturated rings. The number of thiophene rings is 1. The van der Waals surface area contributed by atoms with Crippen molar-refractivity contribution >= 4 is 23.2 Å². The minimum Gasteiger partial charge on any atom is -0.354 e. The normalized spacial score (nSPS) is 15.0. The van der Waals surface area contributed by atoms with Crippen LogP contribution in [0.5, 0.6) is 0 Å². The van der Waals surface area contributed by atoms with E-state index in [4.69, 9.17) is 9.47 Å². The van der Waals surface area contributed by atoms with Crippen molar-refractivity contribution < 1.29 is 19.1 Å².